The summed E-state index contributed by atoms with van der Waals surface area (Å²) in [6, 6.07) is -0.634. The van der Waals surface area contributed by atoms with Gasteiger partial charge in [0.2, 0.25) is 5.91 Å². The largest absolute Gasteiger partial charge is 0.466 e. The van der Waals surface area contributed by atoms with Crippen LogP contribution in [-0.2, 0) is 14.3 Å². The Balaban J connectivity index is 3.45. The number of aliphatic hydroxyl groups is 2. The van der Waals surface area contributed by atoms with Crippen LogP contribution in [0, 0.1) is 0 Å². The number of allylic oxidation sites excluding steroid dienone is 5. The number of unbranched alkanes of at least 4 members (excludes halogenated alkanes) is 46. The van der Waals surface area contributed by atoms with Crippen molar-refractivity contribution >= 4 is 11.9 Å². The van der Waals surface area contributed by atoms with E-state index in [0.717, 1.165) is 51.4 Å². The summed E-state index contributed by atoms with van der Waals surface area (Å²) in [6.45, 7) is 4.90. The third-order valence-corrected chi connectivity index (χ3v) is 15.1. The summed E-state index contributed by atoms with van der Waals surface area (Å²) >= 11 is 0. The van der Waals surface area contributed by atoms with Crippen LogP contribution in [0.3, 0.4) is 0 Å². The van der Waals surface area contributed by atoms with Crippen molar-refractivity contribution in [2.45, 2.75) is 366 Å². The molecule has 73 heavy (non-hydrogen) atoms. The van der Waals surface area contributed by atoms with E-state index in [2.05, 4.69) is 43.5 Å². The SMILES string of the molecule is CCCCCC/C=C\CCCCCCCC(=O)OCCCCCCCCCCCCC/C=C\CCCCCCCCCC(=O)NC(CO)C(O)/C=C/CCCCCCCCCCCCCCCCCCCCC. The van der Waals surface area contributed by atoms with Gasteiger partial charge in [-0.2, -0.15) is 0 Å². The number of rotatable bonds is 61. The van der Waals surface area contributed by atoms with E-state index in [-0.39, 0.29) is 18.5 Å². The smallest absolute Gasteiger partial charge is 0.305 e. The van der Waals surface area contributed by atoms with Gasteiger partial charge in [0.05, 0.1) is 25.4 Å². The Labute approximate surface area is 455 Å². The summed E-state index contributed by atoms with van der Waals surface area (Å²) in [5.74, 6) is -0.0719. The molecule has 2 atom stereocenters. The van der Waals surface area contributed by atoms with Crippen molar-refractivity contribution in [1.82, 2.24) is 5.32 Å². The zero-order valence-corrected chi connectivity index (χ0v) is 49.1. The van der Waals surface area contributed by atoms with Crippen molar-refractivity contribution in [2.24, 2.45) is 0 Å². The van der Waals surface area contributed by atoms with Gasteiger partial charge in [0.15, 0.2) is 0 Å². The molecule has 0 radical (unpaired) electrons. The van der Waals surface area contributed by atoms with Crippen LogP contribution in [0.1, 0.15) is 354 Å². The third kappa shape index (κ3) is 59.2. The van der Waals surface area contributed by atoms with Gasteiger partial charge in [-0.25, -0.2) is 0 Å². The van der Waals surface area contributed by atoms with Crippen molar-refractivity contribution < 1.29 is 24.5 Å². The lowest BCUT2D eigenvalue weighted by atomic mass is 10.0. The molecule has 0 aliphatic heterocycles. The number of aliphatic hydroxyl groups excluding tert-OH is 2. The second-order valence-electron chi connectivity index (χ2n) is 22.4. The predicted molar refractivity (Wildman–Crippen MR) is 319 cm³/mol. The Kier molecular flexibility index (Phi) is 61.0. The Morgan fingerprint density at radius 1 is 0.370 bits per heavy atom. The summed E-state index contributed by atoms with van der Waals surface area (Å²) < 4.78 is 5.47. The van der Waals surface area contributed by atoms with Crippen molar-refractivity contribution in [3.05, 3.63) is 36.5 Å². The number of amides is 1. The lowest BCUT2D eigenvalue weighted by Gasteiger charge is -2.20. The third-order valence-electron chi connectivity index (χ3n) is 15.1. The Morgan fingerprint density at radius 3 is 0.986 bits per heavy atom. The second-order valence-corrected chi connectivity index (χ2v) is 22.4. The Hall–Kier alpha value is -1.92. The number of hydrogen-bond donors (Lipinski definition) is 3. The van der Waals surface area contributed by atoms with Gasteiger partial charge in [-0.05, 0) is 83.5 Å². The highest BCUT2D eigenvalue weighted by molar-refractivity contribution is 5.76. The molecule has 0 aromatic heterocycles. The average Bonchev–Trinajstić information content (AvgIpc) is 3.39. The maximum atomic E-state index is 12.5. The molecular weight excluding hydrogens is 899 g/mol. The number of carbonyl (C=O) groups is 2. The highest BCUT2D eigenvalue weighted by atomic mass is 16.5. The quantitative estimate of drug-likeness (QED) is 0.0320. The Bertz CT molecular complexity index is 1180. The molecule has 0 heterocycles. The van der Waals surface area contributed by atoms with Crippen LogP contribution in [0.4, 0.5) is 0 Å². The van der Waals surface area contributed by atoms with E-state index >= 15 is 0 Å². The van der Waals surface area contributed by atoms with Crippen molar-refractivity contribution in [3.8, 4) is 0 Å². The molecule has 0 saturated carbocycles. The van der Waals surface area contributed by atoms with Gasteiger partial charge in [-0.1, -0.05) is 294 Å². The van der Waals surface area contributed by atoms with Crippen LogP contribution in [-0.4, -0.2) is 47.4 Å². The topological polar surface area (TPSA) is 95.9 Å². The molecule has 430 valence electrons. The zero-order chi connectivity index (χ0) is 52.9. The van der Waals surface area contributed by atoms with Crippen molar-refractivity contribution in [2.75, 3.05) is 13.2 Å². The lowest BCUT2D eigenvalue weighted by molar-refractivity contribution is -0.143. The molecule has 1 amide bonds. The molecule has 0 aromatic rings. The van der Waals surface area contributed by atoms with E-state index < -0.39 is 12.1 Å². The average molecular weight is 1030 g/mol. The lowest BCUT2D eigenvalue weighted by Crippen LogP contribution is -2.45. The van der Waals surface area contributed by atoms with E-state index in [1.165, 1.54) is 276 Å². The number of ether oxygens (including phenoxy) is 1. The number of hydrogen-bond acceptors (Lipinski definition) is 5. The van der Waals surface area contributed by atoms with Crippen molar-refractivity contribution in [3.63, 3.8) is 0 Å². The first-order valence-electron chi connectivity index (χ1n) is 32.8. The molecule has 0 aliphatic carbocycles. The standard InChI is InChI=1S/C67H127NO5/c1-3-5-7-9-11-13-15-17-18-19-20-23-26-29-32-36-39-43-47-51-55-59-65(70)64(63-69)68-66(71)60-56-52-48-44-40-37-33-30-27-24-21-22-25-28-31-34-38-42-46-50-54-58-62-73-67(72)61-57-53-49-45-41-35-16-14-12-10-8-6-4-2/h14,16,24,27,55,59,64-65,69-70H,3-13,15,17-23,25-26,28-54,56-58,60-63H2,1-2H3,(H,68,71)/b16-14-,27-24-,59-55+. The molecule has 0 rings (SSSR count). The summed E-state index contributed by atoms with van der Waals surface area (Å²) in [5, 5.41) is 23.2. The van der Waals surface area contributed by atoms with Crippen molar-refractivity contribution in [1.29, 1.82) is 0 Å². The molecule has 2 unspecified atom stereocenters. The number of esters is 1. The fraction of sp³-hybridized carbons (Fsp3) is 0.881. The minimum absolute atomic E-state index is 0.000346. The zero-order valence-electron chi connectivity index (χ0n) is 49.1. The molecule has 0 spiro atoms. The minimum atomic E-state index is -0.850. The van der Waals surface area contributed by atoms with E-state index in [1.807, 2.05) is 6.08 Å². The molecule has 0 aliphatic rings. The molecule has 0 aromatic carbocycles. The minimum Gasteiger partial charge on any atom is -0.466 e. The predicted octanol–water partition coefficient (Wildman–Crippen LogP) is 20.8. The monoisotopic (exact) mass is 1030 g/mol. The van der Waals surface area contributed by atoms with Crippen LogP contribution >= 0.6 is 0 Å². The van der Waals surface area contributed by atoms with Gasteiger partial charge in [0.25, 0.3) is 0 Å². The van der Waals surface area contributed by atoms with E-state index in [4.69, 9.17) is 4.74 Å². The molecule has 3 N–H and O–H groups in total. The van der Waals surface area contributed by atoms with Gasteiger partial charge in [-0.15, -0.1) is 0 Å². The fourth-order valence-electron chi connectivity index (χ4n) is 10.1. The normalized spacial score (nSPS) is 12.8. The fourth-order valence-corrected chi connectivity index (χ4v) is 10.1. The van der Waals surface area contributed by atoms with Gasteiger partial charge in [-0.3, -0.25) is 9.59 Å². The molecule has 6 heteroatoms. The molecule has 0 saturated heterocycles. The van der Waals surface area contributed by atoms with Crippen LogP contribution in [0.15, 0.2) is 36.5 Å². The van der Waals surface area contributed by atoms with Gasteiger partial charge >= 0.3 is 5.97 Å². The first kappa shape index (κ1) is 71.1. The van der Waals surface area contributed by atoms with E-state index in [1.54, 1.807) is 6.08 Å². The maximum absolute atomic E-state index is 12.5. The van der Waals surface area contributed by atoms with Crippen LogP contribution < -0.4 is 5.32 Å². The molecule has 0 fully saturated rings. The highest BCUT2D eigenvalue weighted by Crippen LogP contribution is 2.17. The first-order valence-corrected chi connectivity index (χ1v) is 32.8. The molecular formula is C67H127NO5. The van der Waals surface area contributed by atoms with Crippen LogP contribution in [0.25, 0.3) is 0 Å². The van der Waals surface area contributed by atoms with Gasteiger partial charge < -0.3 is 20.3 Å². The van der Waals surface area contributed by atoms with Gasteiger partial charge in [0, 0.05) is 12.8 Å². The molecule has 6 nitrogen and oxygen atoms in total. The second kappa shape index (κ2) is 62.6. The van der Waals surface area contributed by atoms with Crippen LogP contribution in [0.2, 0.25) is 0 Å². The first-order chi connectivity index (χ1) is 36.0. The van der Waals surface area contributed by atoms with Crippen LogP contribution in [0.5, 0.6) is 0 Å². The summed E-state index contributed by atoms with van der Waals surface area (Å²) in [4.78, 5) is 24.5. The summed E-state index contributed by atoms with van der Waals surface area (Å²) in [7, 11) is 0. The maximum Gasteiger partial charge on any atom is 0.305 e. The Morgan fingerprint density at radius 2 is 0.644 bits per heavy atom. The number of carbonyl (C=O) groups excluding carboxylic acids is 2. The van der Waals surface area contributed by atoms with E-state index in [9.17, 15) is 19.8 Å². The number of nitrogens with one attached hydrogen (secondary N) is 1. The highest BCUT2D eigenvalue weighted by Gasteiger charge is 2.18. The summed E-state index contributed by atoms with van der Waals surface area (Å²) in [6.07, 6.45) is 79.1. The molecule has 0 bridgehead atoms. The van der Waals surface area contributed by atoms with Gasteiger partial charge in [0.1, 0.15) is 0 Å². The summed E-state index contributed by atoms with van der Waals surface area (Å²) in [5.41, 5.74) is 0. The van der Waals surface area contributed by atoms with E-state index in [0.29, 0.717) is 19.4 Å².